The van der Waals surface area contributed by atoms with Gasteiger partial charge in [0.1, 0.15) is 6.54 Å². The second-order valence-electron chi connectivity index (χ2n) is 4.46. The summed E-state index contributed by atoms with van der Waals surface area (Å²) in [5.74, 6) is 0.730. The van der Waals surface area contributed by atoms with Crippen LogP contribution in [0.3, 0.4) is 0 Å². The van der Waals surface area contributed by atoms with Crippen molar-refractivity contribution in [3.63, 3.8) is 0 Å². The lowest BCUT2D eigenvalue weighted by atomic mass is 9.87. The molecule has 98 valence electrons. The molecule has 0 heterocycles. The molecule has 0 bridgehead atoms. The van der Waals surface area contributed by atoms with E-state index in [4.69, 9.17) is 11.6 Å². The fraction of sp³-hybridized carbons (Fsp3) is 0.900. The second-order valence-corrected chi connectivity index (χ2v) is 4.83. The molecule has 1 N–H and O–H groups in total. The molecule has 1 aliphatic carbocycles. The molecule has 0 aromatic heterocycles. The number of carbonyl (C=O) groups excluding carboxylic acids is 1. The maximum absolute atomic E-state index is 11.6. The highest BCUT2D eigenvalue weighted by atomic mass is 35.5. The first kappa shape index (κ1) is 14.0. The molecule has 0 aromatic rings. The third-order valence-corrected chi connectivity index (χ3v) is 3.24. The Morgan fingerprint density at radius 1 is 1.47 bits per heavy atom. The monoisotopic (exact) mass is 263 g/mol. The van der Waals surface area contributed by atoms with E-state index in [0.717, 1.165) is 25.7 Å². The van der Waals surface area contributed by atoms with Crippen molar-refractivity contribution in [2.45, 2.75) is 38.6 Å². The summed E-state index contributed by atoms with van der Waals surface area (Å²) in [7, 11) is 0. The van der Waals surface area contributed by atoms with Crippen LogP contribution in [0.15, 0.2) is 0 Å². The molecule has 0 saturated heterocycles. The van der Waals surface area contributed by atoms with E-state index in [1.54, 1.807) is 0 Å². The van der Waals surface area contributed by atoms with Crippen molar-refractivity contribution in [1.29, 1.82) is 0 Å². The normalized spacial score (nSPS) is 24.1. The lowest BCUT2D eigenvalue weighted by Gasteiger charge is -2.27. The summed E-state index contributed by atoms with van der Waals surface area (Å²) in [5.41, 5.74) is 0. The van der Waals surface area contributed by atoms with Crippen LogP contribution in [-0.2, 0) is 0 Å². The summed E-state index contributed by atoms with van der Waals surface area (Å²) in [5, 5.41) is 13.1. The van der Waals surface area contributed by atoms with E-state index in [1.165, 1.54) is 0 Å². The van der Waals surface area contributed by atoms with Gasteiger partial charge < -0.3 is 5.32 Å². The maximum Gasteiger partial charge on any atom is 0.375 e. The number of urea groups is 1. The third-order valence-electron chi connectivity index (χ3n) is 3.07. The largest absolute Gasteiger partial charge is 0.375 e. The van der Waals surface area contributed by atoms with Gasteiger partial charge >= 0.3 is 6.03 Å². The molecule has 0 radical (unpaired) electrons. The smallest absolute Gasteiger partial charge is 0.331 e. The predicted octanol–water partition coefficient (Wildman–Crippen LogP) is 2.01. The zero-order valence-corrected chi connectivity index (χ0v) is 10.7. The van der Waals surface area contributed by atoms with Crippen molar-refractivity contribution in [2.24, 2.45) is 5.92 Å². The van der Waals surface area contributed by atoms with Crippen LogP contribution in [-0.4, -0.2) is 34.5 Å². The van der Waals surface area contributed by atoms with E-state index in [0.29, 0.717) is 10.9 Å². The first-order valence-electron chi connectivity index (χ1n) is 5.83. The van der Waals surface area contributed by atoms with Crippen molar-refractivity contribution >= 4 is 17.6 Å². The topological polar surface area (TPSA) is 75.5 Å². The van der Waals surface area contributed by atoms with Crippen molar-refractivity contribution in [1.82, 2.24) is 10.3 Å². The van der Waals surface area contributed by atoms with Crippen LogP contribution < -0.4 is 5.32 Å². The first-order valence-corrected chi connectivity index (χ1v) is 6.36. The molecule has 2 amide bonds. The van der Waals surface area contributed by atoms with Gasteiger partial charge in [-0.2, -0.15) is 0 Å². The highest BCUT2D eigenvalue weighted by Crippen LogP contribution is 2.23. The summed E-state index contributed by atoms with van der Waals surface area (Å²) in [4.78, 5) is 22.3. The number of carbonyl (C=O) groups is 1. The summed E-state index contributed by atoms with van der Waals surface area (Å²) < 4.78 is 0. The minimum Gasteiger partial charge on any atom is -0.331 e. The van der Waals surface area contributed by atoms with Crippen molar-refractivity contribution < 1.29 is 9.83 Å². The zero-order valence-electron chi connectivity index (χ0n) is 9.89. The highest BCUT2D eigenvalue weighted by Gasteiger charge is 2.27. The number of hydrazine groups is 1. The average Bonchev–Trinajstić information content (AvgIpc) is 2.28. The van der Waals surface area contributed by atoms with Gasteiger partial charge in [0.15, 0.2) is 5.03 Å². The number of nitrogens with zero attached hydrogens (tertiary/aromatic N) is 2. The van der Waals surface area contributed by atoms with Crippen LogP contribution in [0, 0.1) is 16.0 Å². The Kier molecular flexibility index (Phi) is 5.47. The predicted molar refractivity (Wildman–Crippen MR) is 64.4 cm³/mol. The van der Waals surface area contributed by atoms with Gasteiger partial charge in [0, 0.05) is 11.9 Å². The van der Waals surface area contributed by atoms with E-state index in [-0.39, 0.29) is 18.5 Å². The van der Waals surface area contributed by atoms with Gasteiger partial charge in [-0.1, -0.05) is 6.92 Å². The Morgan fingerprint density at radius 3 is 2.53 bits per heavy atom. The molecule has 17 heavy (non-hydrogen) atoms. The molecule has 1 fully saturated rings. The van der Waals surface area contributed by atoms with E-state index < -0.39 is 11.1 Å². The van der Waals surface area contributed by atoms with E-state index >= 15 is 0 Å². The molecule has 1 rings (SSSR count). The summed E-state index contributed by atoms with van der Waals surface area (Å²) in [6, 6.07) is -0.605. The number of hydrogen-bond acceptors (Lipinski definition) is 3. The van der Waals surface area contributed by atoms with Gasteiger partial charge in [-0.15, -0.1) is 11.6 Å². The molecule has 0 atom stereocenters. The molecule has 0 aliphatic heterocycles. The Hall–Kier alpha value is -1.04. The summed E-state index contributed by atoms with van der Waals surface area (Å²) >= 11 is 5.42. The third kappa shape index (κ3) is 4.38. The van der Waals surface area contributed by atoms with Gasteiger partial charge in [-0.3, -0.25) is 0 Å². The molecule has 1 aliphatic rings. The Morgan fingerprint density at radius 2 is 2.06 bits per heavy atom. The number of hydrogen-bond donors (Lipinski definition) is 1. The highest BCUT2D eigenvalue weighted by molar-refractivity contribution is 6.18. The van der Waals surface area contributed by atoms with Gasteiger partial charge in [0.25, 0.3) is 0 Å². The zero-order chi connectivity index (χ0) is 12.8. The van der Waals surface area contributed by atoms with Crippen LogP contribution in [0.5, 0.6) is 0 Å². The van der Waals surface area contributed by atoms with Crippen molar-refractivity contribution in [2.75, 3.05) is 12.4 Å². The fourth-order valence-electron chi connectivity index (χ4n) is 1.99. The molecule has 7 heteroatoms. The average molecular weight is 264 g/mol. The fourth-order valence-corrected chi connectivity index (χ4v) is 2.15. The second kappa shape index (κ2) is 6.64. The standard InChI is InChI=1S/C10H18ClN3O3/c1-8-2-4-9(5-3-8)12-10(15)13(7-6-11)14(16)17/h8-9H,2-7H2,1H3,(H,12,15). The molecule has 0 spiro atoms. The number of alkyl halides is 1. The number of halogens is 1. The Balaban J connectivity index is 2.43. The van der Waals surface area contributed by atoms with Crippen LogP contribution in [0.25, 0.3) is 0 Å². The minimum absolute atomic E-state index is 0.0517. The number of nitrogens with one attached hydrogen (secondary N) is 1. The van der Waals surface area contributed by atoms with Crippen LogP contribution in [0.4, 0.5) is 4.79 Å². The number of amides is 2. The summed E-state index contributed by atoms with van der Waals surface area (Å²) in [6.07, 6.45) is 3.89. The number of nitro groups is 1. The number of rotatable bonds is 4. The maximum atomic E-state index is 11.6. The van der Waals surface area contributed by atoms with Crippen molar-refractivity contribution in [3.8, 4) is 0 Å². The van der Waals surface area contributed by atoms with Crippen LogP contribution in [0.2, 0.25) is 0 Å². The first-order chi connectivity index (χ1) is 8.04. The van der Waals surface area contributed by atoms with E-state index in [9.17, 15) is 14.9 Å². The van der Waals surface area contributed by atoms with Gasteiger partial charge in [-0.05, 0) is 36.6 Å². The lowest BCUT2D eigenvalue weighted by Crippen LogP contribution is -2.48. The molecule has 0 aromatic carbocycles. The molecule has 0 unspecified atom stereocenters. The molecular formula is C10H18ClN3O3. The van der Waals surface area contributed by atoms with E-state index in [2.05, 4.69) is 12.2 Å². The quantitative estimate of drug-likeness (QED) is 0.479. The van der Waals surface area contributed by atoms with Crippen LogP contribution >= 0.6 is 11.6 Å². The van der Waals surface area contributed by atoms with Crippen LogP contribution in [0.1, 0.15) is 32.6 Å². The lowest BCUT2D eigenvalue weighted by molar-refractivity contribution is -0.631. The molecule has 1 saturated carbocycles. The Bertz CT molecular complexity index is 280. The van der Waals surface area contributed by atoms with Gasteiger partial charge in [0.05, 0.1) is 0 Å². The summed E-state index contributed by atoms with van der Waals surface area (Å²) in [6.45, 7) is 2.10. The molecule has 6 nitrogen and oxygen atoms in total. The van der Waals surface area contributed by atoms with E-state index in [1.807, 2.05) is 0 Å². The SMILES string of the molecule is CC1CCC(NC(=O)N(CCCl)[N+](=O)[O-])CC1. The molecular weight excluding hydrogens is 246 g/mol. The minimum atomic E-state index is -0.719. The van der Waals surface area contributed by atoms with Gasteiger partial charge in [-0.25, -0.2) is 14.9 Å². The Labute approximate surface area is 105 Å². The van der Waals surface area contributed by atoms with Gasteiger partial charge in [0.2, 0.25) is 0 Å². The van der Waals surface area contributed by atoms with Crippen molar-refractivity contribution in [3.05, 3.63) is 10.1 Å².